The number of halogens is 6. The fourth-order valence-electron chi connectivity index (χ4n) is 1.45. The normalized spacial score (nSPS) is 12.8. The van der Waals surface area contributed by atoms with Crippen molar-refractivity contribution in [3.05, 3.63) is 11.3 Å². The van der Waals surface area contributed by atoms with Crippen molar-refractivity contribution >= 4 is 0 Å². The molecule has 0 aliphatic rings. The van der Waals surface area contributed by atoms with E-state index < -0.39 is 49.1 Å². The summed E-state index contributed by atoms with van der Waals surface area (Å²) in [6.07, 6.45) is -10.0. The number of alkyl halides is 6. The minimum absolute atomic E-state index is 0.504. The number of hydrogen-bond acceptors (Lipinski definition) is 3. The first-order valence-electron chi connectivity index (χ1n) is 4.99. The summed E-state index contributed by atoms with van der Waals surface area (Å²) in [5.41, 5.74) is -1.96. The Morgan fingerprint density at radius 3 is 2.21 bits per heavy atom. The summed E-state index contributed by atoms with van der Waals surface area (Å²) in [5, 5.41) is 11.8. The maximum absolute atomic E-state index is 12.6. The lowest BCUT2D eigenvalue weighted by atomic mass is 10.2. The number of aryl methyl sites for hydroxylation is 1. The highest BCUT2D eigenvalue weighted by atomic mass is 19.4. The van der Waals surface area contributed by atoms with Crippen molar-refractivity contribution in [2.75, 3.05) is 13.2 Å². The zero-order valence-corrected chi connectivity index (χ0v) is 9.64. The van der Waals surface area contributed by atoms with E-state index in [0.717, 1.165) is 7.05 Å². The number of nitrogens with zero attached hydrogens (tertiary/aromatic N) is 2. The van der Waals surface area contributed by atoms with Gasteiger partial charge in [0.2, 0.25) is 5.88 Å². The molecule has 1 heterocycles. The lowest BCUT2D eigenvalue weighted by Gasteiger charge is -2.11. The SMILES string of the molecule is Cn1nc(C(F)(F)F)c(CCO)c1OCC(F)(F)F. The molecule has 1 aromatic rings. The maximum Gasteiger partial charge on any atom is 0.435 e. The van der Waals surface area contributed by atoms with Crippen molar-refractivity contribution < 1.29 is 36.2 Å². The first kappa shape index (κ1) is 15.6. The van der Waals surface area contributed by atoms with E-state index in [1.165, 1.54) is 0 Å². The minimum atomic E-state index is -4.83. The van der Waals surface area contributed by atoms with E-state index >= 15 is 0 Å². The van der Waals surface area contributed by atoms with Gasteiger partial charge in [0.05, 0.1) is 0 Å². The van der Waals surface area contributed by atoms with Crippen LogP contribution in [0.5, 0.6) is 5.88 Å². The number of aliphatic hydroxyl groups is 1. The van der Waals surface area contributed by atoms with Gasteiger partial charge in [0.25, 0.3) is 0 Å². The fourth-order valence-corrected chi connectivity index (χ4v) is 1.45. The number of rotatable bonds is 4. The first-order valence-corrected chi connectivity index (χ1v) is 4.99. The Morgan fingerprint density at radius 2 is 1.79 bits per heavy atom. The molecule has 0 aromatic carbocycles. The van der Waals surface area contributed by atoms with Gasteiger partial charge in [0, 0.05) is 25.6 Å². The summed E-state index contributed by atoms with van der Waals surface area (Å²) >= 11 is 0. The van der Waals surface area contributed by atoms with Crippen molar-refractivity contribution in [1.29, 1.82) is 0 Å². The van der Waals surface area contributed by atoms with Crippen LogP contribution < -0.4 is 4.74 Å². The third-order valence-corrected chi connectivity index (χ3v) is 2.09. The summed E-state index contributed by atoms with van der Waals surface area (Å²) < 4.78 is 78.7. The number of hydrogen-bond donors (Lipinski definition) is 1. The highest BCUT2D eigenvalue weighted by Crippen LogP contribution is 2.36. The molecule has 1 N–H and O–H groups in total. The van der Waals surface area contributed by atoms with Gasteiger partial charge in [0.1, 0.15) is 0 Å². The van der Waals surface area contributed by atoms with E-state index in [-0.39, 0.29) is 0 Å². The molecule has 10 heteroatoms. The zero-order chi connectivity index (χ0) is 14.8. The molecule has 1 rings (SSSR count). The van der Waals surface area contributed by atoms with Gasteiger partial charge < -0.3 is 9.84 Å². The molecule has 19 heavy (non-hydrogen) atoms. The van der Waals surface area contributed by atoms with Crippen LogP contribution in [0.25, 0.3) is 0 Å². The van der Waals surface area contributed by atoms with Gasteiger partial charge in [0.15, 0.2) is 12.3 Å². The molecular weight excluding hydrogens is 282 g/mol. The molecule has 0 bridgehead atoms. The topological polar surface area (TPSA) is 47.3 Å². The second-order valence-electron chi connectivity index (χ2n) is 3.63. The van der Waals surface area contributed by atoms with Gasteiger partial charge in [-0.25, -0.2) is 4.68 Å². The summed E-state index contributed by atoms with van der Waals surface area (Å²) in [6, 6.07) is 0. The quantitative estimate of drug-likeness (QED) is 0.862. The predicted molar refractivity (Wildman–Crippen MR) is 50.5 cm³/mol. The van der Waals surface area contributed by atoms with Gasteiger partial charge in [-0.15, -0.1) is 0 Å². The van der Waals surface area contributed by atoms with E-state index in [1.807, 2.05) is 0 Å². The maximum atomic E-state index is 12.6. The molecule has 0 saturated carbocycles. The van der Waals surface area contributed by atoms with Crippen LogP contribution in [0.4, 0.5) is 26.3 Å². The lowest BCUT2D eigenvalue weighted by molar-refractivity contribution is -0.154. The summed E-state index contributed by atoms with van der Waals surface area (Å²) in [4.78, 5) is 0. The molecule has 0 amide bonds. The molecule has 4 nitrogen and oxygen atoms in total. The van der Waals surface area contributed by atoms with E-state index in [4.69, 9.17) is 5.11 Å². The van der Waals surface area contributed by atoms with Crippen molar-refractivity contribution in [3.63, 3.8) is 0 Å². The number of aromatic nitrogens is 2. The lowest BCUT2D eigenvalue weighted by Crippen LogP contribution is -2.21. The molecule has 0 fully saturated rings. The third-order valence-electron chi connectivity index (χ3n) is 2.09. The Hall–Kier alpha value is -1.45. The fraction of sp³-hybridized carbons (Fsp3) is 0.667. The van der Waals surface area contributed by atoms with Crippen molar-refractivity contribution in [1.82, 2.24) is 9.78 Å². The van der Waals surface area contributed by atoms with Crippen LogP contribution >= 0.6 is 0 Å². The second-order valence-corrected chi connectivity index (χ2v) is 3.63. The molecule has 0 atom stereocenters. The van der Waals surface area contributed by atoms with Gasteiger partial charge in [-0.05, 0) is 0 Å². The van der Waals surface area contributed by atoms with Crippen LogP contribution in [-0.4, -0.2) is 34.3 Å². The third kappa shape index (κ3) is 4.01. The molecule has 1 aromatic heterocycles. The molecule has 110 valence electrons. The molecule has 0 aliphatic heterocycles. The van der Waals surface area contributed by atoms with Gasteiger partial charge in [-0.3, -0.25) is 0 Å². The number of aliphatic hydroxyl groups excluding tert-OH is 1. The van der Waals surface area contributed by atoms with Crippen molar-refractivity contribution in [2.24, 2.45) is 7.05 Å². The highest BCUT2D eigenvalue weighted by molar-refractivity contribution is 5.33. The molecule has 0 unspecified atom stereocenters. The van der Waals surface area contributed by atoms with E-state index in [2.05, 4.69) is 9.84 Å². The smallest absolute Gasteiger partial charge is 0.435 e. The molecule has 0 aliphatic carbocycles. The Bertz CT molecular complexity index is 437. The van der Waals surface area contributed by atoms with Crippen molar-refractivity contribution in [3.8, 4) is 5.88 Å². The second kappa shape index (κ2) is 5.27. The highest BCUT2D eigenvalue weighted by Gasteiger charge is 2.40. The minimum Gasteiger partial charge on any atom is -0.468 e. The molecule has 0 spiro atoms. The van der Waals surface area contributed by atoms with Gasteiger partial charge in [-0.1, -0.05) is 0 Å². The van der Waals surface area contributed by atoms with E-state index in [9.17, 15) is 26.3 Å². The summed E-state index contributed by atoms with van der Waals surface area (Å²) in [6.45, 7) is -2.40. The summed E-state index contributed by atoms with van der Waals surface area (Å²) in [5.74, 6) is -0.654. The Labute approximate surface area is 103 Å². The standard InChI is InChI=1S/C9H10F6N2O2/c1-17-7(19-4-8(10,11)12)5(2-3-18)6(16-17)9(13,14)15/h18H,2-4H2,1H3. The van der Waals surface area contributed by atoms with Gasteiger partial charge >= 0.3 is 12.4 Å². The van der Waals surface area contributed by atoms with Gasteiger partial charge in [-0.2, -0.15) is 31.4 Å². The summed E-state index contributed by atoms with van der Waals surface area (Å²) in [7, 11) is 1.03. The predicted octanol–water partition coefficient (Wildman–Crippen LogP) is 1.91. The molecule has 0 saturated heterocycles. The van der Waals surface area contributed by atoms with Crippen LogP contribution in [0.2, 0.25) is 0 Å². The largest absolute Gasteiger partial charge is 0.468 e. The van der Waals surface area contributed by atoms with Crippen LogP contribution in [0.3, 0.4) is 0 Å². The Kier molecular flexibility index (Phi) is 4.33. The monoisotopic (exact) mass is 292 g/mol. The van der Waals surface area contributed by atoms with Crippen LogP contribution in [0, 0.1) is 0 Å². The Morgan fingerprint density at radius 1 is 1.21 bits per heavy atom. The molecular formula is C9H10F6N2O2. The van der Waals surface area contributed by atoms with E-state index in [0.29, 0.717) is 4.68 Å². The zero-order valence-electron chi connectivity index (χ0n) is 9.64. The van der Waals surface area contributed by atoms with Crippen molar-refractivity contribution in [2.45, 2.75) is 18.8 Å². The first-order chi connectivity index (χ1) is 8.56. The van der Waals surface area contributed by atoms with Crippen LogP contribution in [0.1, 0.15) is 11.3 Å². The average molecular weight is 292 g/mol. The van der Waals surface area contributed by atoms with E-state index in [1.54, 1.807) is 0 Å². The molecule has 0 radical (unpaired) electrons. The average Bonchev–Trinajstić information content (AvgIpc) is 2.52. The number of ether oxygens (including phenoxy) is 1. The van der Waals surface area contributed by atoms with Crippen LogP contribution in [0.15, 0.2) is 0 Å². The van der Waals surface area contributed by atoms with Crippen LogP contribution in [-0.2, 0) is 19.6 Å². The Balaban J connectivity index is 3.12.